The van der Waals surface area contributed by atoms with Gasteiger partial charge in [0, 0.05) is 25.7 Å². The second-order valence-electron chi connectivity index (χ2n) is 6.57. The van der Waals surface area contributed by atoms with Gasteiger partial charge in [-0.15, -0.1) is 6.42 Å². The standard InChI is InChI=1S/C20H26N2O4/c1-6-16-8-7-15(2)13-17(16)14-18(23)21(3)20(19(24)25-4)9-11-22(26-5)12-10-20/h1,7-8,13H,9-12,14H2,2-5H3. The van der Waals surface area contributed by atoms with Crippen LogP contribution in [0.15, 0.2) is 18.2 Å². The highest BCUT2D eigenvalue weighted by Gasteiger charge is 2.47. The summed E-state index contributed by atoms with van der Waals surface area (Å²) in [6.07, 6.45) is 6.60. The van der Waals surface area contributed by atoms with Crippen molar-refractivity contribution in [3.8, 4) is 12.3 Å². The summed E-state index contributed by atoms with van der Waals surface area (Å²) < 4.78 is 5.02. The van der Waals surface area contributed by atoms with Crippen molar-refractivity contribution in [2.45, 2.75) is 31.7 Å². The summed E-state index contributed by atoms with van der Waals surface area (Å²) in [6, 6.07) is 5.67. The molecule has 6 nitrogen and oxygen atoms in total. The lowest BCUT2D eigenvalue weighted by atomic mass is 9.86. The molecule has 1 amide bonds. The Hall–Kier alpha value is -2.36. The summed E-state index contributed by atoms with van der Waals surface area (Å²) in [5, 5.41) is 1.77. The minimum absolute atomic E-state index is 0.143. The maximum absolute atomic E-state index is 13.0. The Morgan fingerprint density at radius 2 is 1.96 bits per heavy atom. The molecule has 0 unspecified atom stereocenters. The van der Waals surface area contributed by atoms with Crippen LogP contribution < -0.4 is 0 Å². The van der Waals surface area contributed by atoms with Crippen molar-refractivity contribution in [2.75, 3.05) is 34.4 Å². The second kappa shape index (κ2) is 8.35. The zero-order chi connectivity index (χ0) is 19.3. The van der Waals surface area contributed by atoms with Gasteiger partial charge in [-0.2, -0.15) is 5.06 Å². The number of nitrogens with zero attached hydrogens (tertiary/aromatic N) is 2. The van der Waals surface area contributed by atoms with E-state index < -0.39 is 11.5 Å². The Bertz CT molecular complexity index is 715. The zero-order valence-corrected chi connectivity index (χ0v) is 15.9. The number of ether oxygens (including phenoxy) is 1. The van der Waals surface area contributed by atoms with Gasteiger partial charge in [0.25, 0.3) is 0 Å². The fourth-order valence-electron chi connectivity index (χ4n) is 3.43. The van der Waals surface area contributed by atoms with Gasteiger partial charge < -0.3 is 14.5 Å². The predicted octanol–water partition coefficient (Wildman–Crippen LogP) is 1.55. The van der Waals surface area contributed by atoms with Gasteiger partial charge in [0.2, 0.25) is 5.91 Å². The number of hydrogen-bond donors (Lipinski definition) is 0. The Balaban J connectivity index is 2.25. The third kappa shape index (κ3) is 3.90. The Morgan fingerprint density at radius 1 is 1.31 bits per heavy atom. The Kier molecular flexibility index (Phi) is 6.41. The molecule has 0 aliphatic carbocycles. The Labute approximate surface area is 155 Å². The number of piperidine rings is 1. The van der Waals surface area contributed by atoms with Gasteiger partial charge in [-0.3, -0.25) is 4.79 Å². The van der Waals surface area contributed by atoms with Gasteiger partial charge in [0.05, 0.1) is 20.6 Å². The molecule has 26 heavy (non-hydrogen) atoms. The SMILES string of the molecule is C#Cc1ccc(C)cc1CC(=O)N(C)C1(C(=O)OC)CCN(OC)CC1. The van der Waals surface area contributed by atoms with Crippen LogP contribution in [0.4, 0.5) is 0 Å². The molecule has 140 valence electrons. The molecular formula is C20H26N2O4. The lowest BCUT2D eigenvalue weighted by Crippen LogP contribution is -2.61. The number of likely N-dealkylation sites (N-methyl/N-ethyl adjacent to an activating group) is 1. The molecule has 0 N–H and O–H groups in total. The normalized spacial score (nSPS) is 16.6. The van der Waals surface area contributed by atoms with Crippen molar-refractivity contribution in [1.82, 2.24) is 9.96 Å². The summed E-state index contributed by atoms with van der Waals surface area (Å²) in [7, 11) is 4.61. The summed E-state index contributed by atoms with van der Waals surface area (Å²) in [5.74, 6) is 2.06. The zero-order valence-electron chi connectivity index (χ0n) is 15.9. The van der Waals surface area contributed by atoms with Crippen molar-refractivity contribution in [3.63, 3.8) is 0 Å². The van der Waals surface area contributed by atoms with Crippen molar-refractivity contribution in [1.29, 1.82) is 0 Å². The highest BCUT2D eigenvalue weighted by Crippen LogP contribution is 2.30. The van der Waals surface area contributed by atoms with Crippen LogP contribution >= 0.6 is 0 Å². The smallest absolute Gasteiger partial charge is 0.331 e. The molecular weight excluding hydrogens is 332 g/mol. The van der Waals surface area contributed by atoms with Crippen LogP contribution in [0.1, 0.15) is 29.5 Å². The first-order valence-corrected chi connectivity index (χ1v) is 8.58. The average Bonchev–Trinajstić information content (AvgIpc) is 2.66. The molecule has 1 aliphatic heterocycles. The lowest BCUT2D eigenvalue weighted by molar-refractivity contribution is -0.183. The minimum atomic E-state index is -0.985. The molecule has 1 heterocycles. The maximum Gasteiger partial charge on any atom is 0.331 e. The fourth-order valence-corrected chi connectivity index (χ4v) is 3.43. The van der Waals surface area contributed by atoms with Crippen molar-refractivity contribution in [2.24, 2.45) is 0 Å². The summed E-state index contributed by atoms with van der Waals surface area (Å²) >= 11 is 0. The number of carbonyl (C=O) groups excluding carboxylic acids is 2. The minimum Gasteiger partial charge on any atom is -0.467 e. The van der Waals surface area contributed by atoms with E-state index in [9.17, 15) is 9.59 Å². The molecule has 1 aromatic carbocycles. The van der Waals surface area contributed by atoms with Crippen molar-refractivity contribution < 1.29 is 19.2 Å². The van der Waals surface area contributed by atoms with E-state index in [4.69, 9.17) is 16.0 Å². The van der Waals surface area contributed by atoms with E-state index in [0.29, 0.717) is 31.5 Å². The monoisotopic (exact) mass is 358 g/mol. The van der Waals surface area contributed by atoms with Crippen LogP contribution in [0.5, 0.6) is 0 Å². The van der Waals surface area contributed by atoms with Gasteiger partial charge in [-0.05, 0) is 31.4 Å². The first-order valence-electron chi connectivity index (χ1n) is 8.58. The molecule has 1 aliphatic rings. The highest BCUT2D eigenvalue weighted by molar-refractivity contribution is 5.89. The molecule has 0 radical (unpaired) electrons. The quantitative estimate of drug-likeness (QED) is 0.590. The third-order valence-corrected chi connectivity index (χ3v) is 5.15. The van der Waals surface area contributed by atoms with Crippen LogP contribution in [0.2, 0.25) is 0 Å². The molecule has 0 spiro atoms. The lowest BCUT2D eigenvalue weighted by Gasteiger charge is -2.44. The molecule has 1 saturated heterocycles. The van der Waals surface area contributed by atoms with E-state index in [1.807, 2.05) is 25.1 Å². The van der Waals surface area contributed by atoms with Crippen LogP contribution in [-0.2, 0) is 25.6 Å². The van der Waals surface area contributed by atoms with E-state index in [0.717, 1.165) is 11.1 Å². The number of hydroxylamine groups is 2. The molecule has 2 rings (SSSR count). The molecule has 6 heteroatoms. The molecule has 0 atom stereocenters. The number of benzene rings is 1. The number of carbonyl (C=O) groups is 2. The van der Waals surface area contributed by atoms with Crippen molar-refractivity contribution in [3.05, 3.63) is 34.9 Å². The van der Waals surface area contributed by atoms with Crippen LogP contribution in [0.3, 0.4) is 0 Å². The van der Waals surface area contributed by atoms with E-state index in [1.165, 1.54) is 12.0 Å². The number of amides is 1. The first-order chi connectivity index (χ1) is 12.4. The van der Waals surface area contributed by atoms with E-state index in [2.05, 4.69) is 5.92 Å². The summed E-state index contributed by atoms with van der Waals surface area (Å²) in [6.45, 7) is 3.04. The number of rotatable bonds is 5. The number of terminal acetylenes is 1. The Morgan fingerprint density at radius 3 is 2.50 bits per heavy atom. The van der Waals surface area contributed by atoms with E-state index in [1.54, 1.807) is 19.2 Å². The van der Waals surface area contributed by atoms with E-state index in [-0.39, 0.29) is 12.3 Å². The molecule has 0 bridgehead atoms. The second-order valence-corrected chi connectivity index (χ2v) is 6.57. The first kappa shape index (κ1) is 20.0. The molecule has 0 saturated carbocycles. The van der Waals surface area contributed by atoms with Gasteiger partial charge >= 0.3 is 5.97 Å². The summed E-state index contributed by atoms with van der Waals surface area (Å²) in [4.78, 5) is 32.3. The van der Waals surface area contributed by atoms with Crippen molar-refractivity contribution >= 4 is 11.9 Å². The number of hydrogen-bond acceptors (Lipinski definition) is 5. The number of methoxy groups -OCH3 is 1. The van der Waals surface area contributed by atoms with Gasteiger partial charge in [-0.25, -0.2) is 4.79 Å². The van der Waals surface area contributed by atoms with Gasteiger partial charge in [0.1, 0.15) is 5.54 Å². The number of esters is 1. The van der Waals surface area contributed by atoms with Gasteiger partial charge in [0.15, 0.2) is 0 Å². The van der Waals surface area contributed by atoms with Crippen LogP contribution in [0.25, 0.3) is 0 Å². The maximum atomic E-state index is 13.0. The predicted molar refractivity (Wildman–Crippen MR) is 98.2 cm³/mol. The molecule has 1 aromatic rings. The fraction of sp³-hybridized carbons (Fsp3) is 0.500. The van der Waals surface area contributed by atoms with E-state index >= 15 is 0 Å². The third-order valence-electron chi connectivity index (χ3n) is 5.15. The average molecular weight is 358 g/mol. The van der Waals surface area contributed by atoms with Crippen LogP contribution in [-0.4, -0.2) is 61.7 Å². The topological polar surface area (TPSA) is 59.1 Å². The summed E-state index contributed by atoms with van der Waals surface area (Å²) in [5.41, 5.74) is 1.53. The molecule has 0 aromatic heterocycles. The number of aryl methyl sites for hydroxylation is 1. The largest absolute Gasteiger partial charge is 0.467 e. The van der Waals surface area contributed by atoms with Gasteiger partial charge in [-0.1, -0.05) is 23.6 Å². The van der Waals surface area contributed by atoms with Crippen LogP contribution in [0, 0.1) is 19.3 Å². The highest BCUT2D eigenvalue weighted by atomic mass is 16.7. The molecule has 1 fully saturated rings.